The zero-order chi connectivity index (χ0) is 16.7. The number of benzene rings is 1. The molecule has 3 rings (SSSR count). The van der Waals surface area contributed by atoms with Gasteiger partial charge in [0.15, 0.2) is 11.2 Å². The molecule has 1 aromatic heterocycles. The van der Waals surface area contributed by atoms with Crippen molar-refractivity contribution < 1.29 is 9.59 Å². The van der Waals surface area contributed by atoms with Crippen LogP contribution in [0.4, 0.5) is 0 Å². The Bertz CT molecular complexity index is 895. The first-order chi connectivity index (χ1) is 10.9. The highest BCUT2D eigenvalue weighted by atomic mass is 35.5. The SMILES string of the molecule is Cc1c(C2=NC(=O)[C@@H](Cl)C(=O)N2)c(=O)n(-c2ccccc2)n1C. The molecule has 1 aromatic carbocycles. The van der Waals surface area contributed by atoms with Crippen LogP contribution in [0.25, 0.3) is 5.69 Å². The number of halogens is 1. The molecule has 0 saturated heterocycles. The van der Waals surface area contributed by atoms with E-state index >= 15 is 0 Å². The van der Waals surface area contributed by atoms with Crippen molar-refractivity contribution in [3.63, 3.8) is 0 Å². The van der Waals surface area contributed by atoms with Crippen LogP contribution in [-0.4, -0.2) is 32.4 Å². The van der Waals surface area contributed by atoms with Gasteiger partial charge in [-0.3, -0.25) is 19.1 Å². The van der Waals surface area contributed by atoms with E-state index in [0.29, 0.717) is 11.4 Å². The van der Waals surface area contributed by atoms with Crippen molar-refractivity contribution in [3.8, 4) is 5.69 Å². The van der Waals surface area contributed by atoms with Crippen LogP contribution in [0.2, 0.25) is 0 Å². The minimum absolute atomic E-state index is 0.0651. The van der Waals surface area contributed by atoms with Crippen LogP contribution in [0, 0.1) is 6.92 Å². The number of amides is 2. The third kappa shape index (κ3) is 2.39. The van der Waals surface area contributed by atoms with Gasteiger partial charge in [-0.05, 0) is 19.1 Å². The first-order valence-electron chi connectivity index (χ1n) is 6.83. The van der Waals surface area contributed by atoms with E-state index < -0.39 is 17.2 Å². The van der Waals surface area contributed by atoms with E-state index in [9.17, 15) is 14.4 Å². The molecule has 0 fully saturated rings. The second-order valence-corrected chi connectivity index (χ2v) is 5.52. The molecule has 2 heterocycles. The number of carbonyl (C=O) groups is 2. The van der Waals surface area contributed by atoms with Crippen LogP contribution >= 0.6 is 11.6 Å². The summed E-state index contributed by atoms with van der Waals surface area (Å²) in [6.07, 6.45) is 0. The topological polar surface area (TPSA) is 85.5 Å². The lowest BCUT2D eigenvalue weighted by Gasteiger charge is -2.14. The van der Waals surface area contributed by atoms with Gasteiger partial charge in [0.05, 0.1) is 5.69 Å². The summed E-state index contributed by atoms with van der Waals surface area (Å²) in [7, 11) is 1.71. The number of rotatable bonds is 2. The second kappa shape index (κ2) is 5.51. The molecule has 8 heteroatoms. The van der Waals surface area contributed by atoms with Crippen molar-refractivity contribution in [1.29, 1.82) is 0 Å². The summed E-state index contributed by atoms with van der Waals surface area (Å²) < 4.78 is 3.08. The zero-order valence-corrected chi connectivity index (χ0v) is 13.2. The number of hydrogen-bond acceptors (Lipinski definition) is 3. The maximum Gasteiger partial charge on any atom is 0.282 e. The van der Waals surface area contributed by atoms with Gasteiger partial charge in [-0.1, -0.05) is 18.2 Å². The monoisotopic (exact) mass is 332 g/mol. The van der Waals surface area contributed by atoms with Crippen LogP contribution in [-0.2, 0) is 16.6 Å². The summed E-state index contributed by atoms with van der Waals surface area (Å²) >= 11 is 5.63. The molecule has 2 amide bonds. The summed E-state index contributed by atoms with van der Waals surface area (Å²) in [5, 5.41) is 1.06. The van der Waals surface area contributed by atoms with Crippen molar-refractivity contribution in [2.75, 3.05) is 0 Å². The van der Waals surface area contributed by atoms with Crippen molar-refractivity contribution in [2.45, 2.75) is 12.3 Å². The van der Waals surface area contributed by atoms with Gasteiger partial charge >= 0.3 is 0 Å². The number of alkyl halides is 1. The third-order valence-corrected chi connectivity index (χ3v) is 4.09. The maximum absolute atomic E-state index is 12.8. The quantitative estimate of drug-likeness (QED) is 0.641. The van der Waals surface area contributed by atoms with Crippen molar-refractivity contribution >= 4 is 29.3 Å². The number of aliphatic imine (C=N–C) groups is 1. The van der Waals surface area contributed by atoms with Crippen molar-refractivity contribution in [2.24, 2.45) is 12.0 Å². The number of para-hydroxylation sites is 1. The van der Waals surface area contributed by atoms with E-state index in [4.69, 9.17) is 11.6 Å². The minimum atomic E-state index is -1.36. The molecule has 1 aliphatic heterocycles. The van der Waals surface area contributed by atoms with Crippen molar-refractivity contribution in [3.05, 3.63) is 51.9 Å². The smallest absolute Gasteiger partial charge is 0.282 e. The van der Waals surface area contributed by atoms with Gasteiger partial charge in [0.25, 0.3) is 17.4 Å². The molecule has 0 saturated carbocycles. The highest BCUT2D eigenvalue weighted by Crippen LogP contribution is 2.13. The highest BCUT2D eigenvalue weighted by Gasteiger charge is 2.33. The maximum atomic E-state index is 12.8. The number of nitrogens with zero attached hydrogens (tertiary/aromatic N) is 3. The Morgan fingerprint density at radius 1 is 1.17 bits per heavy atom. The Balaban J connectivity index is 2.20. The number of carbonyl (C=O) groups excluding carboxylic acids is 2. The fourth-order valence-electron chi connectivity index (χ4n) is 2.45. The van der Waals surface area contributed by atoms with E-state index in [0.717, 1.165) is 0 Å². The largest absolute Gasteiger partial charge is 0.308 e. The van der Waals surface area contributed by atoms with E-state index in [-0.39, 0.29) is 17.0 Å². The average molecular weight is 333 g/mol. The van der Waals surface area contributed by atoms with Gasteiger partial charge in [-0.25, -0.2) is 4.68 Å². The summed E-state index contributed by atoms with van der Waals surface area (Å²) in [5.41, 5.74) is 1.02. The molecule has 0 spiro atoms. The van der Waals surface area contributed by atoms with E-state index in [2.05, 4.69) is 10.3 Å². The van der Waals surface area contributed by atoms with Gasteiger partial charge < -0.3 is 5.32 Å². The Kier molecular flexibility index (Phi) is 3.65. The fraction of sp³-hybridized carbons (Fsp3) is 0.200. The molecular weight excluding hydrogens is 320 g/mol. The van der Waals surface area contributed by atoms with Crippen LogP contribution in [0.1, 0.15) is 11.3 Å². The molecule has 0 aliphatic carbocycles. The van der Waals surface area contributed by atoms with Crippen LogP contribution in [0.5, 0.6) is 0 Å². The summed E-state index contributed by atoms with van der Waals surface area (Å²) in [6, 6.07) is 9.03. The van der Waals surface area contributed by atoms with E-state index in [1.54, 1.807) is 30.8 Å². The summed E-state index contributed by atoms with van der Waals surface area (Å²) in [5.74, 6) is -1.53. The molecule has 0 bridgehead atoms. The molecule has 7 nitrogen and oxygen atoms in total. The third-order valence-electron chi connectivity index (χ3n) is 3.70. The van der Waals surface area contributed by atoms with Crippen LogP contribution in [0.3, 0.4) is 0 Å². The van der Waals surface area contributed by atoms with E-state index in [1.807, 2.05) is 18.2 Å². The first-order valence-corrected chi connectivity index (χ1v) is 7.27. The molecule has 118 valence electrons. The molecule has 1 N–H and O–H groups in total. The lowest BCUT2D eigenvalue weighted by Crippen LogP contribution is -2.46. The Hall–Kier alpha value is -2.67. The minimum Gasteiger partial charge on any atom is -0.308 e. The average Bonchev–Trinajstić information content (AvgIpc) is 2.75. The molecule has 1 aliphatic rings. The Labute approximate surface area is 136 Å². The number of aromatic nitrogens is 2. The highest BCUT2D eigenvalue weighted by molar-refractivity contribution is 6.45. The number of nitrogens with one attached hydrogen (secondary N) is 1. The second-order valence-electron chi connectivity index (χ2n) is 5.09. The Morgan fingerprint density at radius 3 is 2.43 bits per heavy atom. The van der Waals surface area contributed by atoms with Gasteiger partial charge in [-0.15, -0.1) is 11.6 Å². The van der Waals surface area contributed by atoms with Gasteiger partial charge in [0.1, 0.15) is 5.56 Å². The van der Waals surface area contributed by atoms with Gasteiger partial charge in [-0.2, -0.15) is 4.99 Å². The predicted octanol–water partition coefficient (Wildman–Crippen LogP) is 0.495. The van der Waals surface area contributed by atoms with E-state index in [1.165, 1.54) is 4.68 Å². The standard InChI is InChI=1S/C15H13ClN4O3/c1-8-10(12-17-13(21)11(16)14(22)18-12)15(23)20(19(8)2)9-6-4-3-5-7-9/h3-7,11H,1-2H3,(H,17,18,21,22). The molecular formula is C15H13ClN4O3. The first kappa shape index (κ1) is 15.2. The number of hydrogen-bond donors (Lipinski definition) is 1. The fourth-order valence-corrected chi connectivity index (χ4v) is 2.55. The van der Waals surface area contributed by atoms with Gasteiger partial charge in [0.2, 0.25) is 0 Å². The summed E-state index contributed by atoms with van der Waals surface area (Å²) in [6.45, 7) is 1.71. The van der Waals surface area contributed by atoms with Gasteiger partial charge in [0, 0.05) is 12.7 Å². The predicted molar refractivity (Wildman–Crippen MR) is 85.1 cm³/mol. The Morgan fingerprint density at radius 2 is 1.83 bits per heavy atom. The number of amidine groups is 1. The lowest BCUT2D eigenvalue weighted by atomic mass is 10.2. The normalized spacial score (nSPS) is 17.9. The zero-order valence-electron chi connectivity index (χ0n) is 12.4. The summed E-state index contributed by atoms with van der Waals surface area (Å²) in [4.78, 5) is 39.9. The molecule has 1 atom stereocenters. The lowest BCUT2D eigenvalue weighted by molar-refractivity contribution is -0.127. The molecule has 0 unspecified atom stereocenters. The van der Waals surface area contributed by atoms with Crippen molar-refractivity contribution in [1.82, 2.24) is 14.7 Å². The molecule has 23 heavy (non-hydrogen) atoms. The van der Waals surface area contributed by atoms with Crippen LogP contribution in [0.15, 0.2) is 40.1 Å². The molecule has 0 radical (unpaired) electrons. The van der Waals surface area contributed by atoms with Crippen LogP contribution < -0.4 is 10.9 Å². The molecule has 2 aromatic rings.